The van der Waals surface area contributed by atoms with E-state index in [-0.39, 0.29) is 0 Å². The summed E-state index contributed by atoms with van der Waals surface area (Å²) in [5.74, 6) is 0. The van der Waals surface area contributed by atoms with Crippen LogP contribution >= 0.6 is 34.5 Å². The van der Waals surface area contributed by atoms with E-state index in [1.54, 1.807) is 17.4 Å². The molecule has 2 heterocycles. The van der Waals surface area contributed by atoms with Gasteiger partial charge < -0.3 is 0 Å². The fraction of sp³-hybridized carbons (Fsp3) is 0.154. The molecule has 0 N–H and O–H groups in total. The highest BCUT2D eigenvalue weighted by Gasteiger charge is 2.15. The van der Waals surface area contributed by atoms with E-state index in [0.717, 1.165) is 12.1 Å². The molecule has 3 aromatic rings. The van der Waals surface area contributed by atoms with Gasteiger partial charge in [0.05, 0.1) is 0 Å². The van der Waals surface area contributed by atoms with Gasteiger partial charge in [0.15, 0.2) is 0 Å². The number of aryl methyl sites for hydroxylation is 1. The van der Waals surface area contributed by atoms with Gasteiger partial charge in [0.25, 0.3) is 0 Å². The molecular weight excluding hydrogens is 287 g/mol. The first-order valence-corrected chi connectivity index (χ1v) is 7.17. The lowest BCUT2D eigenvalue weighted by atomic mass is 10.2. The third-order valence-electron chi connectivity index (χ3n) is 2.92. The third kappa shape index (κ3) is 2.03. The molecule has 2 aromatic heterocycles. The standard InChI is InChI=1S/C13H11Cl2N2S/c1-9-8-18-13-16(4-5-17(9)13)7-10-2-3-11(14)6-12(10)15/h2-6,8H,7H2,1H3/q+1. The minimum absolute atomic E-state index is 0.669. The Morgan fingerprint density at radius 1 is 1.33 bits per heavy atom. The summed E-state index contributed by atoms with van der Waals surface area (Å²) in [4.78, 5) is 1.21. The van der Waals surface area contributed by atoms with Crippen molar-refractivity contribution >= 4 is 39.5 Å². The Hall–Kier alpha value is -1.03. The summed E-state index contributed by atoms with van der Waals surface area (Å²) in [5, 5.41) is 3.53. The van der Waals surface area contributed by atoms with Crippen LogP contribution in [0.15, 0.2) is 36.0 Å². The molecule has 1 aromatic carbocycles. The molecular formula is C13H11Cl2N2S+. The summed E-state index contributed by atoms with van der Waals surface area (Å²) in [5.41, 5.74) is 2.32. The predicted molar refractivity (Wildman–Crippen MR) is 75.8 cm³/mol. The van der Waals surface area contributed by atoms with Gasteiger partial charge in [0.2, 0.25) is 0 Å². The molecule has 0 saturated carbocycles. The predicted octanol–water partition coefficient (Wildman–Crippen LogP) is 3.95. The SMILES string of the molecule is Cc1csc2n1cc[n+]2Cc1ccc(Cl)cc1Cl. The monoisotopic (exact) mass is 297 g/mol. The summed E-state index contributed by atoms with van der Waals surface area (Å²) in [6.45, 7) is 2.86. The van der Waals surface area contributed by atoms with Crippen molar-refractivity contribution in [2.24, 2.45) is 0 Å². The smallest absolute Gasteiger partial charge is 0.217 e. The van der Waals surface area contributed by atoms with Crippen molar-refractivity contribution in [3.8, 4) is 0 Å². The molecule has 0 bridgehead atoms. The van der Waals surface area contributed by atoms with Crippen LogP contribution < -0.4 is 4.57 Å². The van der Waals surface area contributed by atoms with Gasteiger partial charge in [-0.2, -0.15) is 4.40 Å². The number of hydrogen-bond acceptors (Lipinski definition) is 1. The molecule has 0 aliphatic heterocycles. The molecule has 18 heavy (non-hydrogen) atoms. The molecule has 0 unspecified atom stereocenters. The third-order valence-corrected chi connectivity index (χ3v) is 4.61. The number of fused-ring (bicyclic) bond motifs is 1. The molecule has 0 spiro atoms. The van der Waals surface area contributed by atoms with Gasteiger partial charge in [-0.3, -0.25) is 0 Å². The summed E-state index contributed by atoms with van der Waals surface area (Å²) >= 11 is 13.8. The highest BCUT2D eigenvalue weighted by molar-refractivity contribution is 7.14. The number of thiazole rings is 1. The average Bonchev–Trinajstić information content (AvgIpc) is 2.88. The van der Waals surface area contributed by atoms with E-state index in [1.807, 2.05) is 12.1 Å². The number of imidazole rings is 1. The molecule has 0 amide bonds. The Morgan fingerprint density at radius 2 is 2.17 bits per heavy atom. The van der Waals surface area contributed by atoms with E-state index >= 15 is 0 Å². The van der Waals surface area contributed by atoms with Gasteiger partial charge in [-0.25, -0.2) is 4.57 Å². The van der Waals surface area contributed by atoms with Gasteiger partial charge in [0.1, 0.15) is 24.6 Å². The topological polar surface area (TPSA) is 8.29 Å². The number of hydrogen-bond donors (Lipinski definition) is 0. The molecule has 0 aliphatic rings. The van der Waals surface area contributed by atoms with Gasteiger partial charge in [-0.15, -0.1) is 0 Å². The number of aromatic nitrogens is 2. The highest BCUT2D eigenvalue weighted by atomic mass is 35.5. The molecule has 0 radical (unpaired) electrons. The van der Waals surface area contributed by atoms with Crippen molar-refractivity contribution in [3.63, 3.8) is 0 Å². The maximum atomic E-state index is 6.20. The highest BCUT2D eigenvalue weighted by Crippen LogP contribution is 2.21. The van der Waals surface area contributed by atoms with Gasteiger partial charge >= 0.3 is 4.96 Å². The van der Waals surface area contributed by atoms with E-state index < -0.39 is 0 Å². The fourth-order valence-electron chi connectivity index (χ4n) is 1.95. The van der Waals surface area contributed by atoms with Crippen LogP contribution in [0.3, 0.4) is 0 Å². The normalized spacial score (nSPS) is 11.3. The first kappa shape index (κ1) is 12.0. The van der Waals surface area contributed by atoms with E-state index in [0.29, 0.717) is 10.0 Å². The van der Waals surface area contributed by atoms with Crippen LogP contribution in [0, 0.1) is 6.92 Å². The van der Waals surface area contributed by atoms with Crippen LogP contribution in [-0.2, 0) is 6.54 Å². The zero-order valence-electron chi connectivity index (χ0n) is 9.73. The Balaban J connectivity index is 2.01. The molecule has 92 valence electrons. The van der Waals surface area contributed by atoms with Crippen molar-refractivity contribution in [1.82, 2.24) is 4.40 Å². The Kier molecular flexibility index (Phi) is 3.06. The first-order valence-electron chi connectivity index (χ1n) is 5.53. The molecule has 5 heteroatoms. The molecule has 0 saturated heterocycles. The Morgan fingerprint density at radius 3 is 2.94 bits per heavy atom. The number of rotatable bonds is 2. The Labute approximate surface area is 119 Å². The molecule has 2 nitrogen and oxygen atoms in total. The lowest BCUT2D eigenvalue weighted by Gasteiger charge is -2.01. The fourth-order valence-corrected chi connectivity index (χ4v) is 3.39. The first-order chi connectivity index (χ1) is 8.65. The van der Waals surface area contributed by atoms with Gasteiger partial charge in [-0.1, -0.05) is 40.6 Å². The second-order valence-electron chi connectivity index (χ2n) is 4.19. The van der Waals surface area contributed by atoms with Crippen molar-refractivity contribution < 1.29 is 4.57 Å². The van der Waals surface area contributed by atoms with Gasteiger partial charge in [0, 0.05) is 21.0 Å². The summed E-state index contributed by atoms with van der Waals surface area (Å²) in [7, 11) is 0. The van der Waals surface area contributed by atoms with E-state index in [9.17, 15) is 0 Å². The maximum Gasteiger partial charge on any atom is 0.346 e. The minimum Gasteiger partial charge on any atom is -0.217 e. The summed E-state index contributed by atoms with van der Waals surface area (Å²) < 4.78 is 4.36. The minimum atomic E-state index is 0.669. The molecule has 0 atom stereocenters. The second-order valence-corrected chi connectivity index (χ2v) is 5.87. The Bertz CT molecular complexity index is 715. The van der Waals surface area contributed by atoms with Crippen LogP contribution in [0.5, 0.6) is 0 Å². The van der Waals surface area contributed by atoms with Crippen LogP contribution in [0.25, 0.3) is 4.96 Å². The van der Waals surface area contributed by atoms with Crippen LogP contribution in [0.4, 0.5) is 0 Å². The van der Waals surface area contributed by atoms with E-state index in [1.165, 1.54) is 10.7 Å². The van der Waals surface area contributed by atoms with E-state index in [2.05, 4.69) is 33.7 Å². The van der Waals surface area contributed by atoms with Crippen LogP contribution in [0.2, 0.25) is 10.0 Å². The van der Waals surface area contributed by atoms with Crippen molar-refractivity contribution in [2.45, 2.75) is 13.5 Å². The average molecular weight is 298 g/mol. The number of nitrogens with zero attached hydrogens (tertiary/aromatic N) is 2. The second kappa shape index (κ2) is 4.57. The molecule has 3 rings (SSSR count). The van der Waals surface area contributed by atoms with E-state index in [4.69, 9.17) is 23.2 Å². The largest absolute Gasteiger partial charge is 0.346 e. The lowest BCUT2D eigenvalue weighted by molar-refractivity contribution is -0.659. The lowest BCUT2D eigenvalue weighted by Crippen LogP contribution is -2.32. The van der Waals surface area contributed by atoms with Crippen molar-refractivity contribution in [2.75, 3.05) is 0 Å². The molecule has 0 fully saturated rings. The summed E-state index contributed by atoms with van der Waals surface area (Å²) in [6.07, 6.45) is 4.15. The zero-order chi connectivity index (χ0) is 12.7. The summed E-state index contributed by atoms with van der Waals surface area (Å²) in [6, 6.07) is 5.63. The van der Waals surface area contributed by atoms with Crippen LogP contribution in [0.1, 0.15) is 11.3 Å². The van der Waals surface area contributed by atoms with Gasteiger partial charge in [-0.05, 0) is 19.1 Å². The number of benzene rings is 1. The van der Waals surface area contributed by atoms with Crippen molar-refractivity contribution in [1.29, 1.82) is 0 Å². The van der Waals surface area contributed by atoms with Crippen LogP contribution in [-0.4, -0.2) is 4.40 Å². The quantitative estimate of drug-likeness (QED) is 0.633. The molecule has 0 aliphatic carbocycles. The van der Waals surface area contributed by atoms with Crippen molar-refractivity contribution in [3.05, 3.63) is 57.3 Å². The maximum absolute atomic E-state index is 6.20. The number of halogens is 2. The zero-order valence-corrected chi connectivity index (χ0v) is 12.1.